The molecule has 0 aliphatic rings. The van der Waals surface area contributed by atoms with Crippen molar-refractivity contribution in [1.82, 2.24) is 0 Å². The maximum absolute atomic E-state index is 11.3. The van der Waals surface area contributed by atoms with Crippen LogP contribution in [0.25, 0.3) is 6.08 Å². The molecule has 0 saturated heterocycles. The zero-order valence-electron chi connectivity index (χ0n) is 8.44. The number of carbonyl (C=O) groups is 2. The molecule has 0 spiro atoms. The first-order valence-corrected chi connectivity index (χ1v) is 4.71. The predicted molar refractivity (Wildman–Crippen MR) is 59.5 cm³/mol. The topological polar surface area (TPSA) is 63.6 Å². The fourth-order valence-corrected chi connectivity index (χ4v) is 1.31. The normalized spacial score (nSPS) is 10.4. The highest BCUT2D eigenvalue weighted by atomic mass is 35.5. The second kappa shape index (κ2) is 5.32. The molecule has 84 valence electrons. The smallest absolute Gasteiger partial charge is 0.338 e. The van der Waals surface area contributed by atoms with Crippen molar-refractivity contribution in [1.29, 1.82) is 0 Å². The Morgan fingerprint density at radius 2 is 2.12 bits per heavy atom. The lowest BCUT2D eigenvalue weighted by molar-refractivity contribution is -0.131. The zero-order chi connectivity index (χ0) is 12.1. The van der Waals surface area contributed by atoms with Gasteiger partial charge in [0.15, 0.2) is 0 Å². The van der Waals surface area contributed by atoms with Gasteiger partial charge >= 0.3 is 11.9 Å². The van der Waals surface area contributed by atoms with E-state index in [4.69, 9.17) is 16.7 Å². The monoisotopic (exact) mass is 240 g/mol. The van der Waals surface area contributed by atoms with Crippen LogP contribution < -0.4 is 0 Å². The van der Waals surface area contributed by atoms with Crippen LogP contribution in [0.15, 0.2) is 24.3 Å². The Labute approximate surface area is 97.1 Å². The first kappa shape index (κ1) is 12.3. The number of esters is 1. The first-order chi connectivity index (χ1) is 7.54. The molecule has 0 radical (unpaired) electrons. The van der Waals surface area contributed by atoms with Gasteiger partial charge in [-0.05, 0) is 29.8 Å². The Balaban J connectivity index is 3.18. The fourth-order valence-electron chi connectivity index (χ4n) is 1.13. The SMILES string of the molecule is COC(=O)c1ccc(Cl)cc1/C=C/C(=O)O. The molecule has 1 aromatic carbocycles. The van der Waals surface area contributed by atoms with Crippen molar-refractivity contribution in [2.45, 2.75) is 0 Å². The van der Waals surface area contributed by atoms with Gasteiger partial charge in [-0.1, -0.05) is 11.6 Å². The maximum Gasteiger partial charge on any atom is 0.338 e. The number of rotatable bonds is 3. The van der Waals surface area contributed by atoms with Crippen molar-refractivity contribution in [2.24, 2.45) is 0 Å². The van der Waals surface area contributed by atoms with Gasteiger partial charge in [-0.25, -0.2) is 9.59 Å². The third-order valence-corrected chi connectivity index (χ3v) is 2.06. The van der Waals surface area contributed by atoms with Crippen molar-refractivity contribution in [2.75, 3.05) is 7.11 Å². The number of carboxylic acid groups (broad SMARTS) is 1. The average molecular weight is 241 g/mol. The molecule has 5 heteroatoms. The van der Waals surface area contributed by atoms with Crippen molar-refractivity contribution < 1.29 is 19.4 Å². The van der Waals surface area contributed by atoms with Crippen molar-refractivity contribution in [3.8, 4) is 0 Å². The summed E-state index contributed by atoms with van der Waals surface area (Å²) in [6.45, 7) is 0. The number of halogens is 1. The molecule has 0 heterocycles. The summed E-state index contributed by atoms with van der Waals surface area (Å²) >= 11 is 5.75. The van der Waals surface area contributed by atoms with Crippen LogP contribution in [-0.2, 0) is 9.53 Å². The van der Waals surface area contributed by atoms with Crippen LogP contribution in [0, 0.1) is 0 Å². The van der Waals surface area contributed by atoms with E-state index in [9.17, 15) is 9.59 Å². The van der Waals surface area contributed by atoms with E-state index in [1.807, 2.05) is 0 Å². The number of ether oxygens (including phenoxy) is 1. The number of benzene rings is 1. The van der Waals surface area contributed by atoms with Crippen molar-refractivity contribution in [3.63, 3.8) is 0 Å². The fraction of sp³-hybridized carbons (Fsp3) is 0.0909. The first-order valence-electron chi connectivity index (χ1n) is 4.33. The van der Waals surface area contributed by atoms with Crippen LogP contribution in [-0.4, -0.2) is 24.2 Å². The van der Waals surface area contributed by atoms with Crippen LogP contribution in [0.2, 0.25) is 5.02 Å². The molecule has 0 amide bonds. The molecule has 1 aromatic rings. The molecule has 0 fully saturated rings. The minimum atomic E-state index is -1.10. The minimum absolute atomic E-state index is 0.268. The van der Waals surface area contributed by atoms with E-state index in [1.54, 1.807) is 0 Å². The number of hydrogen-bond donors (Lipinski definition) is 1. The van der Waals surface area contributed by atoms with Crippen LogP contribution in [0.4, 0.5) is 0 Å². The van der Waals surface area contributed by atoms with Gasteiger partial charge in [0.05, 0.1) is 12.7 Å². The lowest BCUT2D eigenvalue weighted by Crippen LogP contribution is -2.03. The standard InChI is InChI=1S/C11H9ClO4/c1-16-11(15)9-4-3-8(12)6-7(9)2-5-10(13)14/h2-6H,1H3,(H,13,14)/b5-2+. The van der Waals surface area contributed by atoms with E-state index < -0.39 is 11.9 Å². The number of carbonyl (C=O) groups excluding carboxylic acids is 1. The summed E-state index contributed by atoms with van der Waals surface area (Å²) in [4.78, 5) is 21.7. The van der Waals surface area contributed by atoms with Crippen molar-refractivity contribution >= 4 is 29.6 Å². The largest absolute Gasteiger partial charge is 0.478 e. The molecule has 16 heavy (non-hydrogen) atoms. The summed E-state index contributed by atoms with van der Waals surface area (Å²) in [5.74, 6) is -1.64. The third-order valence-electron chi connectivity index (χ3n) is 1.82. The highest BCUT2D eigenvalue weighted by molar-refractivity contribution is 6.30. The van der Waals surface area contributed by atoms with E-state index >= 15 is 0 Å². The quantitative estimate of drug-likeness (QED) is 0.650. The molecule has 0 bridgehead atoms. The number of carboxylic acids is 1. The third kappa shape index (κ3) is 3.10. The van der Waals surface area contributed by atoms with Gasteiger partial charge in [-0.2, -0.15) is 0 Å². The highest BCUT2D eigenvalue weighted by Crippen LogP contribution is 2.18. The molecule has 0 aliphatic heterocycles. The Kier molecular flexibility index (Phi) is 4.08. The Morgan fingerprint density at radius 1 is 1.44 bits per heavy atom. The van der Waals surface area contributed by atoms with Crippen LogP contribution in [0.3, 0.4) is 0 Å². The highest BCUT2D eigenvalue weighted by Gasteiger charge is 2.10. The van der Waals surface area contributed by atoms with Gasteiger partial charge in [-0.3, -0.25) is 0 Å². The van der Waals surface area contributed by atoms with Gasteiger partial charge in [0.25, 0.3) is 0 Å². The van der Waals surface area contributed by atoms with E-state index in [2.05, 4.69) is 4.74 Å². The van der Waals surface area contributed by atoms with E-state index in [0.29, 0.717) is 10.6 Å². The Hall–Kier alpha value is -1.81. The molecule has 0 aromatic heterocycles. The van der Waals surface area contributed by atoms with Crippen molar-refractivity contribution in [3.05, 3.63) is 40.4 Å². The van der Waals surface area contributed by atoms with Crippen LogP contribution >= 0.6 is 11.6 Å². The zero-order valence-corrected chi connectivity index (χ0v) is 9.19. The van der Waals surface area contributed by atoms with Gasteiger partial charge in [-0.15, -0.1) is 0 Å². The molecule has 0 aliphatic carbocycles. The molecule has 1 N–H and O–H groups in total. The second-order valence-electron chi connectivity index (χ2n) is 2.89. The molecule has 1 rings (SSSR count). The summed E-state index contributed by atoms with van der Waals surface area (Å²) in [6.07, 6.45) is 2.22. The van der Waals surface area contributed by atoms with E-state index in [1.165, 1.54) is 31.4 Å². The van der Waals surface area contributed by atoms with Gasteiger partial charge < -0.3 is 9.84 Å². The predicted octanol–water partition coefficient (Wildman–Crippen LogP) is 2.22. The number of aliphatic carboxylic acids is 1. The lowest BCUT2D eigenvalue weighted by atomic mass is 10.1. The molecule has 4 nitrogen and oxygen atoms in total. The average Bonchev–Trinajstić information content (AvgIpc) is 2.25. The van der Waals surface area contributed by atoms with E-state index in [0.717, 1.165) is 6.08 Å². The Bertz CT molecular complexity index is 451. The van der Waals surface area contributed by atoms with E-state index in [-0.39, 0.29) is 5.56 Å². The molecule has 0 saturated carbocycles. The number of hydrogen-bond acceptors (Lipinski definition) is 3. The summed E-state index contributed by atoms with van der Waals surface area (Å²) in [5, 5.41) is 8.91. The molecular formula is C11H9ClO4. The summed E-state index contributed by atoms with van der Waals surface area (Å²) < 4.78 is 4.56. The van der Waals surface area contributed by atoms with Crippen LogP contribution in [0.1, 0.15) is 15.9 Å². The maximum atomic E-state index is 11.3. The molecule has 0 atom stereocenters. The second-order valence-corrected chi connectivity index (χ2v) is 3.33. The number of methoxy groups -OCH3 is 1. The van der Waals surface area contributed by atoms with Gasteiger partial charge in [0, 0.05) is 11.1 Å². The molecule has 0 unspecified atom stereocenters. The van der Waals surface area contributed by atoms with Gasteiger partial charge in [0.1, 0.15) is 0 Å². The lowest BCUT2D eigenvalue weighted by Gasteiger charge is -2.04. The Morgan fingerprint density at radius 3 is 2.69 bits per heavy atom. The van der Waals surface area contributed by atoms with Gasteiger partial charge in [0.2, 0.25) is 0 Å². The van der Waals surface area contributed by atoms with Crippen LogP contribution in [0.5, 0.6) is 0 Å². The summed E-state index contributed by atoms with van der Waals surface area (Å²) in [5.41, 5.74) is 0.672. The summed E-state index contributed by atoms with van der Waals surface area (Å²) in [6, 6.07) is 4.51. The summed E-state index contributed by atoms with van der Waals surface area (Å²) in [7, 11) is 1.25. The molecular weight excluding hydrogens is 232 g/mol. The minimum Gasteiger partial charge on any atom is -0.478 e.